The van der Waals surface area contributed by atoms with Crippen molar-refractivity contribution in [1.29, 1.82) is 0 Å². The lowest BCUT2D eigenvalue weighted by atomic mass is 9.69. The van der Waals surface area contributed by atoms with Gasteiger partial charge in [-0.25, -0.2) is 4.98 Å². The average Bonchev–Trinajstić information content (AvgIpc) is 3.21. The number of nitrogens with zero attached hydrogens (tertiary/aromatic N) is 2. The molecule has 0 saturated carbocycles. The minimum atomic E-state index is -0.773. The van der Waals surface area contributed by atoms with Crippen molar-refractivity contribution in [2.45, 2.75) is 5.41 Å². The summed E-state index contributed by atoms with van der Waals surface area (Å²) < 4.78 is 1.10. The Hall–Kier alpha value is -3.00. The van der Waals surface area contributed by atoms with E-state index in [0.29, 0.717) is 5.82 Å². The number of benzene rings is 3. The molecule has 0 spiro atoms. The molecule has 5 nitrogen and oxygen atoms in total. The van der Waals surface area contributed by atoms with E-state index >= 15 is 0 Å². The van der Waals surface area contributed by atoms with Crippen molar-refractivity contribution in [1.82, 2.24) is 15.2 Å². The quantitative estimate of drug-likeness (QED) is 0.336. The summed E-state index contributed by atoms with van der Waals surface area (Å²) >= 11 is 2.30. The summed E-state index contributed by atoms with van der Waals surface area (Å²) in [5.41, 5.74) is 7.69. The van der Waals surface area contributed by atoms with E-state index in [2.05, 4.69) is 74.2 Å². The highest BCUT2D eigenvalue weighted by molar-refractivity contribution is 14.1. The van der Waals surface area contributed by atoms with Crippen molar-refractivity contribution in [2.24, 2.45) is 5.73 Å². The molecule has 0 aliphatic rings. The van der Waals surface area contributed by atoms with Gasteiger partial charge >= 0.3 is 0 Å². The minimum absolute atomic E-state index is 0.0307. The van der Waals surface area contributed by atoms with Crippen LogP contribution >= 0.6 is 22.6 Å². The Balaban J connectivity index is 2.12. The summed E-state index contributed by atoms with van der Waals surface area (Å²) in [6.07, 6.45) is 0. The van der Waals surface area contributed by atoms with Gasteiger partial charge in [-0.2, -0.15) is 0 Å². The highest BCUT2D eigenvalue weighted by Gasteiger charge is 2.41. The molecule has 3 aromatic carbocycles. The molecule has 0 aliphatic carbocycles. The Morgan fingerprint density at radius 1 is 0.857 bits per heavy atom. The third-order valence-electron chi connectivity index (χ3n) is 4.73. The molecular weight excluding hydrogens is 463 g/mol. The number of carbonyl (C=O) groups is 1. The smallest absolute Gasteiger partial charge is 0.288 e. The third kappa shape index (κ3) is 3.09. The van der Waals surface area contributed by atoms with Crippen LogP contribution in [0, 0.1) is 3.57 Å². The van der Waals surface area contributed by atoms with Gasteiger partial charge < -0.3 is 5.73 Å². The van der Waals surface area contributed by atoms with Gasteiger partial charge in [0.05, 0.1) is 0 Å². The molecule has 1 heterocycles. The highest BCUT2D eigenvalue weighted by Crippen LogP contribution is 2.43. The first-order valence-corrected chi connectivity index (χ1v) is 9.80. The van der Waals surface area contributed by atoms with Crippen LogP contribution < -0.4 is 5.73 Å². The van der Waals surface area contributed by atoms with Crippen LogP contribution in [0.25, 0.3) is 0 Å². The first-order chi connectivity index (χ1) is 13.6. The number of halogens is 1. The third-order valence-corrected chi connectivity index (χ3v) is 5.40. The molecule has 0 bridgehead atoms. The summed E-state index contributed by atoms with van der Waals surface area (Å²) in [6.45, 7) is 0. The number of H-pyrrole nitrogens is 1. The van der Waals surface area contributed by atoms with Gasteiger partial charge in [-0.3, -0.25) is 9.89 Å². The number of nitrogens with two attached hydrogens (primary N) is 1. The van der Waals surface area contributed by atoms with Gasteiger partial charge in [-0.1, -0.05) is 72.8 Å². The van der Waals surface area contributed by atoms with Crippen LogP contribution in [0.5, 0.6) is 0 Å². The normalized spacial score (nSPS) is 11.3. The topological polar surface area (TPSA) is 84.7 Å². The molecule has 0 radical (unpaired) electrons. The summed E-state index contributed by atoms with van der Waals surface area (Å²) in [6, 6.07) is 28.4. The van der Waals surface area contributed by atoms with Crippen LogP contribution in [0.2, 0.25) is 0 Å². The predicted molar refractivity (Wildman–Crippen MR) is 116 cm³/mol. The van der Waals surface area contributed by atoms with Crippen molar-refractivity contribution in [3.05, 3.63) is 117 Å². The molecule has 6 heteroatoms. The van der Waals surface area contributed by atoms with Gasteiger partial charge in [0.25, 0.3) is 5.91 Å². The van der Waals surface area contributed by atoms with Crippen molar-refractivity contribution in [3.8, 4) is 0 Å². The Morgan fingerprint density at radius 3 is 1.93 bits per heavy atom. The Bertz CT molecular complexity index is 1070. The van der Waals surface area contributed by atoms with Gasteiger partial charge in [0.15, 0.2) is 0 Å². The zero-order chi connectivity index (χ0) is 19.6. The number of primary amides is 1. The molecule has 0 saturated heterocycles. The number of aromatic amines is 1. The monoisotopic (exact) mass is 480 g/mol. The van der Waals surface area contributed by atoms with Crippen LogP contribution in [-0.2, 0) is 5.41 Å². The minimum Gasteiger partial charge on any atom is -0.363 e. The first-order valence-electron chi connectivity index (χ1n) is 8.72. The van der Waals surface area contributed by atoms with Crippen molar-refractivity contribution >= 4 is 28.5 Å². The van der Waals surface area contributed by atoms with E-state index in [-0.39, 0.29) is 5.82 Å². The molecule has 28 heavy (non-hydrogen) atoms. The number of amides is 1. The van der Waals surface area contributed by atoms with E-state index in [1.54, 1.807) is 0 Å². The van der Waals surface area contributed by atoms with Crippen molar-refractivity contribution in [3.63, 3.8) is 0 Å². The fraction of sp³-hybridized carbons (Fsp3) is 0.0455. The zero-order valence-electron chi connectivity index (χ0n) is 14.8. The second kappa shape index (κ2) is 7.55. The van der Waals surface area contributed by atoms with E-state index in [9.17, 15) is 4.79 Å². The summed E-state index contributed by atoms with van der Waals surface area (Å²) in [4.78, 5) is 16.2. The van der Waals surface area contributed by atoms with Gasteiger partial charge in [0.2, 0.25) is 5.82 Å². The first kappa shape index (κ1) is 18.4. The molecule has 4 aromatic rings. The molecule has 138 valence electrons. The van der Waals surface area contributed by atoms with Crippen LogP contribution in [0.4, 0.5) is 0 Å². The van der Waals surface area contributed by atoms with E-state index in [4.69, 9.17) is 5.73 Å². The largest absolute Gasteiger partial charge is 0.363 e. The van der Waals surface area contributed by atoms with Gasteiger partial charge in [-0.05, 0) is 51.4 Å². The number of rotatable bonds is 5. The predicted octanol–water partition coefficient (Wildman–Crippen LogP) is 3.89. The van der Waals surface area contributed by atoms with E-state index in [1.165, 1.54) is 0 Å². The fourth-order valence-corrected chi connectivity index (χ4v) is 4.09. The van der Waals surface area contributed by atoms with Crippen molar-refractivity contribution in [2.75, 3.05) is 0 Å². The summed E-state index contributed by atoms with van der Waals surface area (Å²) in [5, 5.41) is 7.05. The number of carbonyl (C=O) groups excluding carboxylic acids is 1. The lowest BCUT2D eigenvalue weighted by Gasteiger charge is -2.34. The number of hydrogen-bond donors (Lipinski definition) is 2. The summed E-state index contributed by atoms with van der Waals surface area (Å²) in [5.74, 6) is -0.155. The van der Waals surface area contributed by atoms with Crippen LogP contribution in [0.3, 0.4) is 0 Å². The molecule has 0 unspecified atom stereocenters. The van der Waals surface area contributed by atoms with Crippen LogP contribution in [0.15, 0.2) is 84.9 Å². The number of hydrogen-bond acceptors (Lipinski definition) is 3. The Labute approximate surface area is 176 Å². The SMILES string of the molecule is NC(=O)c1n[nH]c(C(c2ccccc2)(c2ccccc2)c2cccc(I)c2)n1. The van der Waals surface area contributed by atoms with Gasteiger partial charge in [-0.15, -0.1) is 5.10 Å². The molecule has 1 aromatic heterocycles. The molecule has 0 aliphatic heterocycles. The van der Waals surface area contributed by atoms with Crippen LogP contribution in [-0.4, -0.2) is 21.1 Å². The standard InChI is InChI=1S/C22H17IN4O/c23-18-13-7-12-17(14-18)22(15-8-3-1-4-9-15,16-10-5-2-6-11-16)21-25-20(19(24)28)26-27-21/h1-14H,(H2,24,28)(H,25,26,27). The number of nitrogens with one attached hydrogen (secondary N) is 1. The zero-order valence-corrected chi connectivity index (χ0v) is 17.0. The van der Waals surface area contributed by atoms with E-state index < -0.39 is 11.3 Å². The van der Waals surface area contributed by atoms with Gasteiger partial charge in [0.1, 0.15) is 11.2 Å². The maximum absolute atomic E-state index is 11.7. The van der Waals surface area contributed by atoms with Crippen LogP contribution in [0.1, 0.15) is 33.1 Å². The molecule has 4 rings (SSSR count). The Kier molecular flexibility index (Phi) is 4.95. The summed E-state index contributed by atoms with van der Waals surface area (Å²) in [7, 11) is 0. The second-order valence-corrected chi connectivity index (χ2v) is 7.61. The molecule has 0 fully saturated rings. The Morgan fingerprint density at radius 2 is 1.43 bits per heavy atom. The maximum atomic E-state index is 11.7. The van der Waals surface area contributed by atoms with E-state index in [1.807, 2.05) is 48.5 Å². The molecular formula is C22H17IN4O. The highest BCUT2D eigenvalue weighted by atomic mass is 127. The molecule has 1 amide bonds. The number of aromatic nitrogens is 3. The van der Waals surface area contributed by atoms with Crippen molar-refractivity contribution < 1.29 is 4.79 Å². The molecule has 0 atom stereocenters. The fourth-order valence-electron chi connectivity index (χ4n) is 3.55. The van der Waals surface area contributed by atoms with E-state index in [0.717, 1.165) is 20.3 Å². The lowest BCUT2D eigenvalue weighted by molar-refractivity contribution is 0.0990. The maximum Gasteiger partial charge on any atom is 0.288 e. The second-order valence-electron chi connectivity index (χ2n) is 6.36. The molecule has 3 N–H and O–H groups in total. The lowest BCUT2D eigenvalue weighted by Crippen LogP contribution is -2.32. The average molecular weight is 480 g/mol. The van der Waals surface area contributed by atoms with Gasteiger partial charge in [0, 0.05) is 3.57 Å².